The van der Waals surface area contributed by atoms with Gasteiger partial charge in [-0.1, -0.05) is 29.8 Å². The number of alkyl halides is 5. The monoisotopic (exact) mass is 631 g/mol. The molecule has 3 aromatic rings. The highest BCUT2D eigenvalue weighted by molar-refractivity contribution is 7.10. The Balaban J connectivity index is 1.40. The van der Waals surface area contributed by atoms with E-state index >= 15 is 0 Å². The second kappa shape index (κ2) is 11.8. The van der Waals surface area contributed by atoms with E-state index in [0.717, 1.165) is 23.6 Å². The Kier molecular flexibility index (Phi) is 8.30. The van der Waals surface area contributed by atoms with E-state index in [4.69, 9.17) is 21.1 Å². The molecule has 1 aromatic carbocycles. The highest BCUT2D eigenvalue weighted by Crippen LogP contribution is 2.47. The van der Waals surface area contributed by atoms with Crippen LogP contribution in [0.15, 0.2) is 53.0 Å². The second-order valence-corrected chi connectivity index (χ2v) is 10.4. The molecule has 5 rings (SSSR count). The average molecular weight is 632 g/mol. The van der Waals surface area contributed by atoms with Gasteiger partial charge < -0.3 is 19.5 Å². The molecule has 10 nitrogen and oxygen atoms in total. The number of ether oxygens (including phenoxy) is 3. The van der Waals surface area contributed by atoms with Gasteiger partial charge in [-0.05, 0) is 18.6 Å². The topological polar surface area (TPSA) is 124 Å². The number of nitrogens with zero attached hydrogens (tertiary/aromatic N) is 3. The van der Waals surface area contributed by atoms with Crippen molar-refractivity contribution in [2.45, 2.75) is 30.9 Å². The third-order valence-corrected chi connectivity index (χ3v) is 7.69. The molecule has 3 unspecified atom stereocenters. The molecule has 4 heterocycles. The van der Waals surface area contributed by atoms with Crippen LogP contribution >= 0.6 is 22.9 Å². The van der Waals surface area contributed by atoms with Gasteiger partial charge in [0.1, 0.15) is 27.8 Å². The number of aromatic nitrogens is 2. The van der Waals surface area contributed by atoms with E-state index in [0.29, 0.717) is 5.56 Å². The maximum Gasteiger partial charge on any atom is 0.414 e. The second-order valence-electron chi connectivity index (χ2n) is 9.12. The first-order chi connectivity index (χ1) is 19.9. The molecule has 3 atom stereocenters. The van der Waals surface area contributed by atoms with Crippen LogP contribution in [0.25, 0.3) is 0 Å². The predicted octanol–water partition coefficient (Wildman–Crippen LogP) is 5.02. The molecular weight excluding hydrogens is 613 g/mol. The molecule has 222 valence electrons. The minimum Gasteiger partial charge on any atom is -0.465 e. The molecule has 2 amide bonds. The number of hydrogen-bond acceptors (Lipinski definition) is 9. The molecule has 0 radical (unpaired) electrons. The van der Waals surface area contributed by atoms with Gasteiger partial charge in [0, 0.05) is 22.9 Å². The summed E-state index contributed by atoms with van der Waals surface area (Å²) in [6.45, 7) is -3.87. The average Bonchev–Trinajstić information content (AvgIpc) is 3.41. The summed E-state index contributed by atoms with van der Waals surface area (Å²) in [5.74, 6) is -2.58. The minimum atomic E-state index is -4.62. The van der Waals surface area contributed by atoms with Crippen molar-refractivity contribution in [3.63, 3.8) is 0 Å². The Bertz CT molecular complexity index is 1510. The van der Waals surface area contributed by atoms with E-state index in [1.807, 2.05) is 0 Å². The van der Waals surface area contributed by atoms with Crippen LogP contribution in [0.5, 0.6) is 5.75 Å². The van der Waals surface area contributed by atoms with E-state index in [1.165, 1.54) is 5.38 Å². The third kappa shape index (κ3) is 6.29. The first-order valence-electron chi connectivity index (χ1n) is 12.1. The normalized spacial score (nSPS) is 22.0. The van der Waals surface area contributed by atoms with Gasteiger partial charge in [0.05, 0.1) is 24.4 Å². The molecule has 1 fully saturated rings. The fraction of sp³-hybridized carbons (Fsp3) is 0.320. The first-order valence-corrected chi connectivity index (χ1v) is 13.4. The summed E-state index contributed by atoms with van der Waals surface area (Å²) in [5, 5.41) is 6.33. The number of fused-ring (bicyclic) bond motifs is 1. The fourth-order valence-electron chi connectivity index (χ4n) is 4.38. The molecule has 0 spiro atoms. The minimum absolute atomic E-state index is 0.00611. The number of nitrogens with one attached hydrogen (secondary N) is 2. The van der Waals surface area contributed by atoms with E-state index < -0.39 is 55.2 Å². The Labute approximate surface area is 242 Å². The molecule has 2 N–H and O–H groups in total. The largest absolute Gasteiger partial charge is 0.465 e. The predicted molar refractivity (Wildman–Crippen MR) is 139 cm³/mol. The van der Waals surface area contributed by atoms with Crippen LogP contribution in [0, 0.1) is 5.92 Å². The molecule has 1 saturated heterocycles. The number of carbonyl (C=O) groups excluding carboxylic acids is 2. The Morgan fingerprint density at radius 1 is 1.17 bits per heavy atom. The number of pyridine rings is 1. The highest BCUT2D eigenvalue weighted by atomic mass is 35.5. The van der Waals surface area contributed by atoms with Gasteiger partial charge in [-0.3, -0.25) is 14.9 Å². The Hall–Kier alpha value is -3.89. The number of benzene rings is 1. The van der Waals surface area contributed by atoms with Gasteiger partial charge in [0.15, 0.2) is 6.10 Å². The number of amidine groups is 1. The van der Waals surface area contributed by atoms with Crippen LogP contribution in [0.4, 0.5) is 27.8 Å². The van der Waals surface area contributed by atoms with Crippen LogP contribution in [0.3, 0.4) is 0 Å². The third-order valence-electron chi connectivity index (χ3n) is 6.39. The summed E-state index contributed by atoms with van der Waals surface area (Å²) in [7, 11) is 0. The molecule has 0 aliphatic carbocycles. The fourth-order valence-corrected chi connectivity index (χ4v) is 5.59. The van der Waals surface area contributed by atoms with Crippen molar-refractivity contribution in [1.29, 1.82) is 0 Å². The van der Waals surface area contributed by atoms with Crippen molar-refractivity contribution in [2.75, 3.05) is 18.5 Å². The summed E-state index contributed by atoms with van der Waals surface area (Å²) in [6, 6.07) is 8.92. The number of thiazole rings is 1. The lowest BCUT2D eigenvalue weighted by atomic mass is 9.79. The molecule has 42 heavy (non-hydrogen) atoms. The summed E-state index contributed by atoms with van der Waals surface area (Å²) in [4.78, 5) is 38.1. The van der Waals surface area contributed by atoms with E-state index in [-0.39, 0.29) is 39.9 Å². The molecular formula is C25H19ClF5N5O5S. The smallest absolute Gasteiger partial charge is 0.414 e. The van der Waals surface area contributed by atoms with Crippen molar-refractivity contribution in [3.8, 4) is 5.75 Å². The number of aliphatic imine (C=N–C) groups is 1. The van der Waals surface area contributed by atoms with Gasteiger partial charge in [0.25, 0.3) is 17.8 Å². The molecule has 17 heteroatoms. The number of amides is 2. The number of anilines is 1. The summed E-state index contributed by atoms with van der Waals surface area (Å²) in [5.41, 5.74) is -1.48. The zero-order valence-electron chi connectivity index (χ0n) is 21.0. The van der Waals surface area contributed by atoms with Gasteiger partial charge >= 0.3 is 12.8 Å². The van der Waals surface area contributed by atoms with Crippen molar-refractivity contribution in [1.82, 2.24) is 15.3 Å². The van der Waals surface area contributed by atoms with E-state index in [9.17, 15) is 31.5 Å². The van der Waals surface area contributed by atoms with Crippen LogP contribution in [-0.2, 0) is 15.0 Å². The van der Waals surface area contributed by atoms with Crippen molar-refractivity contribution in [3.05, 3.63) is 69.3 Å². The van der Waals surface area contributed by atoms with Gasteiger partial charge in [-0.15, -0.1) is 11.3 Å². The summed E-state index contributed by atoms with van der Waals surface area (Å²) in [6.07, 6.45) is -6.27. The van der Waals surface area contributed by atoms with Crippen LogP contribution in [0.1, 0.15) is 32.3 Å². The SMILES string of the molecule is O=C(NC1=NC2(c3nc(NC(=O)c4ncc(OC(F)F)cc4Cl)cs3)COC(C(F)(F)F)CC2CO1)c1ccccc1. The van der Waals surface area contributed by atoms with Gasteiger partial charge in [0.2, 0.25) is 0 Å². The van der Waals surface area contributed by atoms with Crippen molar-refractivity contribution >= 4 is 46.6 Å². The number of rotatable bonds is 6. The lowest BCUT2D eigenvalue weighted by Crippen LogP contribution is -2.55. The van der Waals surface area contributed by atoms with Crippen molar-refractivity contribution < 1.29 is 45.8 Å². The maximum atomic E-state index is 13.5. The zero-order chi connectivity index (χ0) is 30.1. The van der Waals surface area contributed by atoms with Crippen LogP contribution in [-0.4, -0.2) is 59.9 Å². The lowest BCUT2D eigenvalue weighted by molar-refractivity contribution is -0.249. The number of carbonyl (C=O) groups is 2. The highest BCUT2D eigenvalue weighted by Gasteiger charge is 2.56. The Morgan fingerprint density at radius 3 is 2.62 bits per heavy atom. The van der Waals surface area contributed by atoms with E-state index in [1.54, 1.807) is 30.3 Å². The van der Waals surface area contributed by atoms with Gasteiger partial charge in [-0.2, -0.15) is 22.0 Å². The number of halogens is 6. The molecule has 2 aromatic heterocycles. The quantitative estimate of drug-likeness (QED) is 0.366. The molecule has 0 bridgehead atoms. The summed E-state index contributed by atoms with van der Waals surface area (Å²) >= 11 is 6.99. The van der Waals surface area contributed by atoms with Crippen molar-refractivity contribution in [2.24, 2.45) is 10.9 Å². The lowest BCUT2D eigenvalue weighted by Gasteiger charge is -2.45. The molecule has 2 aliphatic heterocycles. The molecule has 0 saturated carbocycles. The maximum absolute atomic E-state index is 13.5. The molecule has 2 aliphatic rings. The number of hydrogen-bond donors (Lipinski definition) is 2. The van der Waals surface area contributed by atoms with Crippen LogP contribution in [0.2, 0.25) is 5.02 Å². The van der Waals surface area contributed by atoms with E-state index in [2.05, 4.69) is 30.3 Å². The first kappa shape index (κ1) is 29.6. The zero-order valence-corrected chi connectivity index (χ0v) is 22.6. The van der Waals surface area contributed by atoms with Crippen LogP contribution < -0.4 is 15.4 Å². The van der Waals surface area contributed by atoms with Gasteiger partial charge in [-0.25, -0.2) is 15.0 Å². The summed E-state index contributed by atoms with van der Waals surface area (Å²) < 4.78 is 80.4. The Morgan fingerprint density at radius 2 is 1.93 bits per heavy atom. The standard InChI is InChI=1S/C25H19ClF5N5O5S/c26-15-7-14(41-22(27)28)8-32-18(15)20(38)33-17-10-42-21(34-17)24-11-40-16(25(29,30)31)6-13(24)9-39-23(36-24)35-19(37)12-4-2-1-3-5-12/h1-5,7-8,10,13,16,22H,6,9,11H2,(H,33,38)(H,35,36,37).